The molecule has 2 aromatic rings. The molecule has 0 spiro atoms. The first-order valence-corrected chi connectivity index (χ1v) is 6.62. The third kappa shape index (κ3) is 3.25. The van der Waals surface area contributed by atoms with Crippen LogP contribution >= 0.6 is 0 Å². The molecule has 0 radical (unpaired) electrons. The highest BCUT2D eigenvalue weighted by Gasteiger charge is 2.17. The van der Waals surface area contributed by atoms with Crippen LogP contribution in [0.3, 0.4) is 0 Å². The molecule has 1 amide bonds. The van der Waals surface area contributed by atoms with E-state index in [1.165, 1.54) is 0 Å². The van der Waals surface area contributed by atoms with Crippen LogP contribution in [0.15, 0.2) is 47.1 Å². The maximum atomic E-state index is 12.2. The Kier molecular flexibility index (Phi) is 4.39. The summed E-state index contributed by atoms with van der Waals surface area (Å²) in [5.74, 6) is 0.578. The lowest BCUT2D eigenvalue weighted by Crippen LogP contribution is -2.28. The highest BCUT2D eigenvalue weighted by Crippen LogP contribution is 2.19. The molecule has 100 valence electrons. The lowest BCUT2D eigenvalue weighted by Gasteiger charge is -2.18. The molecule has 0 saturated heterocycles. The number of hydrogen-bond acceptors (Lipinski definition) is 2. The summed E-state index contributed by atoms with van der Waals surface area (Å²) in [4.78, 5) is 12.2. The topological polar surface area (TPSA) is 42.2 Å². The summed E-state index contributed by atoms with van der Waals surface area (Å²) in [6.07, 6.45) is 3.48. The lowest BCUT2D eigenvalue weighted by atomic mass is 10.0. The molecule has 2 rings (SSSR count). The molecule has 0 aliphatic heterocycles. The van der Waals surface area contributed by atoms with Gasteiger partial charge in [-0.15, -0.1) is 0 Å². The van der Waals surface area contributed by atoms with Gasteiger partial charge >= 0.3 is 0 Å². The number of carbonyl (C=O) groups excluding carboxylic acids is 1. The van der Waals surface area contributed by atoms with Crippen LogP contribution in [0.5, 0.6) is 0 Å². The summed E-state index contributed by atoms with van der Waals surface area (Å²) in [5.41, 5.74) is 1.75. The van der Waals surface area contributed by atoms with Crippen LogP contribution in [0.2, 0.25) is 0 Å². The first-order chi connectivity index (χ1) is 9.22. The normalized spacial score (nSPS) is 12.1. The number of hydrogen-bond donors (Lipinski definition) is 1. The molecule has 19 heavy (non-hydrogen) atoms. The Morgan fingerprint density at radius 1 is 1.26 bits per heavy atom. The Morgan fingerprint density at radius 2 is 2.00 bits per heavy atom. The average Bonchev–Trinajstić information content (AvgIpc) is 2.85. The van der Waals surface area contributed by atoms with Gasteiger partial charge < -0.3 is 9.73 Å². The van der Waals surface area contributed by atoms with Gasteiger partial charge in [0.15, 0.2) is 0 Å². The monoisotopic (exact) mass is 257 g/mol. The zero-order valence-electron chi connectivity index (χ0n) is 11.3. The molecular weight excluding hydrogens is 238 g/mol. The molecule has 0 aliphatic carbocycles. The molecule has 3 nitrogen and oxygen atoms in total. The number of rotatable bonds is 5. The van der Waals surface area contributed by atoms with Gasteiger partial charge in [0.25, 0.3) is 5.91 Å². The molecule has 1 unspecified atom stereocenters. The van der Waals surface area contributed by atoms with Crippen molar-refractivity contribution in [3.8, 4) is 0 Å². The number of nitrogens with one attached hydrogen (secondary N) is 1. The molecule has 0 fully saturated rings. The number of benzene rings is 1. The van der Waals surface area contributed by atoms with Gasteiger partial charge in [-0.2, -0.15) is 0 Å². The highest BCUT2D eigenvalue weighted by atomic mass is 16.3. The summed E-state index contributed by atoms with van der Waals surface area (Å²) >= 11 is 0. The molecule has 0 aliphatic rings. The maximum Gasteiger partial charge on any atom is 0.255 e. The van der Waals surface area contributed by atoms with E-state index >= 15 is 0 Å². The fraction of sp³-hybridized carbons (Fsp3) is 0.312. The first kappa shape index (κ1) is 13.4. The van der Waals surface area contributed by atoms with Gasteiger partial charge in [0.1, 0.15) is 5.76 Å². The van der Waals surface area contributed by atoms with Crippen LogP contribution in [0, 0.1) is 6.92 Å². The van der Waals surface area contributed by atoms with Crippen LogP contribution in [0.25, 0.3) is 0 Å². The minimum Gasteiger partial charge on any atom is -0.469 e. The van der Waals surface area contributed by atoms with E-state index in [0.29, 0.717) is 11.3 Å². The second-order valence-electron chi connectivity index (χ2n) is 4.62. The van der Waals surface area contributed by atoms with Crippen molar-refractivity contribution in [1.29, 1.82) is 0 Å². The van der Waals surface area contributed by atoms with Gasteiger partial charge in [-0.05, 0) is 25.0 Å². The van der Waals surface area contributed by atoms with Crippen LogP contribution < -0.4 is 5.32 Å². The van der Waals surface area contributed by atoms with E-state index in [1.54, 1.807) is 19.3 Å². The SMILES string of the molecule is CCCC(NC(=O)c1ccoc1C)c1ccccc1. The molecule has 1 aromatic heterocycles. The van der Waals surface area contributed by atoms with Gasteiger partial charge in [0.05, 0.1) is 17.9 Å². The van der Waals surface area contributed by atoms with Crippen molar-refractivity contribution in [1.82, 2.24) is 5.32 Å². The zero-order valence-corrected chi connectivity index (χ0v) is 11.3. The van der Waals surface area contributed by atoms with Gasteiger partial charge in [-0.3, -0.25) is 4.79 Å². The van der Waals surface area contributed by atoms with Crippen molar-refractivity contribution < 1.29 is 9.21 Å². The molecule has 0 bridgehead atoms. The van der Waals surface area contributed by atoms with Crippen molar-refractivity contribution in [3.63, 3.8) is 0 Å². The second-order valence-corrected chi connectivity index (χ2v) is 4.62. The van der Waals surface area contributed by atoms with Crippen molar-refractivity contribution in [3.05, 3.63) is 59.5 Å². The third-order valence-electron chi connectivity index (χ3n) is 3.19. The Bertz CT molecular complexity index is 531. The summed E-state index contributed by atoms with van der Waals surface area (Å²) in [7, 11) is 0. The quantitative estimate of drug-likeness (QED) is 0.883. The standard InChI is InChI=1S/C16H19NO2/c1-3-7-15(13-8-5-4-6-9-13)17-16(18)14-10-11-19-12(14)2/h4-6,8-11,15H,3,7H2,1-2H3,(H,17,18). The Balaban J connectivity index is 2.14. The second kappa shape index (κ2) is 6.23. The minimum absolute atomic E-state index is 0.0491. The van der Waals surface area contributed by atoms with E-state index in [1.807, 2.05) is 30.3 Å². The average molecular weight is 257 g/mol. The number of amides is 1. The molecular formula is C16H19NO2. The molecule has 1 heterocycles. The largest absolute Gasteiger partial charge is 0.469 e. The molecule has 3 heteroatoms. The smallest absolute Gasteiger partial charge is 0.255 e. The Labute approximate surface area is 113 Å². The molecule has 1 aromatic carbocycles. The van der Waals surface area contributed by atoms with Gasteiger partial charge in [0.2, 0.25) is 0 Å². The first-order valence-electron chi connectivity index (χ1n) is 6.62. The lowest BCUT2D eigenvalue weighted by molar-refractivity contribution is 0.0933. The Hall–Kier alpha value is -2.03. The van der Waals surface area contributed by atoms with Crippen LogP contribution in [-0.4, -0.2) is 5.91 Å². The zero-order chi connectivity index (χ0) is 13.7. The highest BCUT2D eigenvalue weighted by molar-refractivity contribution is 5.95. The van der Waals surface area contributed by atoms with Gasteiger partial charge in [0, 0.05) is 0 Å². The van der Waals surface area contributed by atoms with E-state index in [0.717, 1.165) is 18.4 Å². The van der Waals surface area contributed by atoms with E-state index in [4.69, 9.17) is 4.42 Å². The molecule has 1 atom stereocenters. The predicted octanol–water partition coefficient (Wildman–Crippen LogP) is 3.86. The van der Waals surface area contributed by atoms with E-state index in [-0.39, 0.29) is 11.9 Å². The van der Waals surface area contributed by atoms with Crippen molar-refractivity contribution in [2.75, 3.05) is 0 Å². The molecule has 0 saturated carbocycles. The van der Waals surface area contributed by atoms with E-state index < -0.39 is 0 Å². The third-order valence-corrected chi connectivity index (χ3v) is 3.19. The summed E-state index contributed by atoms with van der Waals surface area (Å²) in [6.45, 7) is 3.91. The number of aryl methyl sites for hydroxylation is 1. The van der Waals surface area contributed by atoms with Crippen LogP contribution in [-0.2, 0) is 0 Å². The molecule has 1 N–H and O–H groups in total. The van der Waals surface area contributed by atoms with E-state index in [9.17, 15) is 4.79 Å². The Morgan fingerprint density at radius 3 is 2.58 bits per heavy atom. The summed E-state index contributed by atoms with van der Waals surface area (Å²) in [5, 5.41) is 3.08. The summed E-state index contributed by atoms with van der Waals surface area (Å²) < 4.78 is 5.17. The fourth-order valence-electron chi connectivity index (χ4n) is 2.15. The van der Waals surface area contributed by atoms with E-state index in [2.05, 4.69) is 12.2 Å². The fourth-order valence-corrected chi connectivity index (χ4v) is 2.15. The number of carbonyl (C=O) groups is 1. The predicted molar refractivity (Wildman–Crippen MR) is 75.0 cm³/mol. The maximum absolute atomic E-state index is 12.2. The minimum atomic E-state index is -0.0754. The van der Waals surface area contributed by atoms with Gasteiger partial charge in [-0.25, -0.2) is 0 Å². The van der Waals surface area contributed by atoms with Gasteiger partial charge in [-0.1, -0.05) is 43.7 Å². The van der Waals surface area contributed by atoms with Crippen LogP contribution in [0.4, 0.5) is 0 Å². The number of furan rings is 1. The van der Waals surface area contributed by atoms with Crippen LogP contribution in [0.1, 0.15) is 47.5 Å². The van der Waals surface area contributed by atoms with Crippen molar-refractivity contribution >= 4 is 5.91 Å². The summed E-state index contributed by atoms with van der Waals surface area (Å²) in [6, 6.07) is 11.8. The van der Waals surface area contributed by atoms with Crippen molar-refractivity contribution in [2.45, 2.75) is 32.7 Å². The van der Waals surface area contributed by atoms with Crippen molar-refractivity contribution in [2.24, 2.45) is 0 Å².